The molecular formula is C13H14FNO. The van der Waals surface area contributed by atoms with E-state index in [1.54, 1.807) is 12.1 Å². The molecule has 0 aromatic heterocycles. The summed E-state index contributed by atoms with van der Waals surface area (Å²) in [7, 11) is 0. The first-order chi connectivity index (χ1) is 7.75. The molecule has 1 atom stereocenters. The normalized spacial score (nSPS) is 19.4. The lowest BCUT2D eigenvalue weighted by atomic mass is 9.93. The molecule has 1 amide bonds. The second-order valence-corrected chi connectivity index (χ2v) is 3.98. The average Bonchev–Trinajstić information content (AvgIpc) is 2.30. The number of hydrogen-bond acceptors (Lipinski definition) is 1. The first-order valence-corrected chi connectivity index (χ1v) is 5.47. The molecule has 1 aromatic carbocycles. The van der Waals surface area contributed by atoms with E-state index >= 15 is 0 Å². The Balaban J connectivity index is 1.99. The lowest BCUT2D eigenvalue weighted by Gasteiger charge is -2.17. The number of carbonyl (C=O) groups excluding carboxylic acids is 1. The minimum Gasteiger partial charge on any atom is -0.326 e. The lowest BCUT2D eigenvalue weighted by Crippen LogP contribution is -2.23. The summed E-state index contributed by atoms with van der Waals surface area (Å²) in [5.74, 6) is -0.329. The second kappa shape index (κ2) is 4.92. The molecule has 0 spiro atoms. The van der Waals surface area contributed by atoms with Gasteiger partial charge in [0.15, 0.2) is 0 Å². The smallest absolute Gasteiger partial charge is 0.227 e. The standard InChI is InChI=1S/C13H14FNO/c14-11-7-4-8-12(9-11)15-13(16)10-5-2-1-3-6-10/h1-2,4,7-10H,3,5-6H2,(H,15,16)/t10-/m0/s1. The molecule has 0 radical (unpaired) electrons. The van der Waals surface area contributed by atoms with E-state index in [2.05, 4.69) is 11.4 Å². The molecule has 0 bridgehead atoms. The molecule has 0 unspecified atom stereocenters. The third-order valence-electron chi connectivity index (χ3n) is 2.73. The Morgan fingerprint density at radius 2 is 2.25 bits per heavy atom. The van der Waals surface area contributed by atoms with Gasteiger partial charge in [-0.05, 0) is 37.5 Å². The number of amides is 1. The number of halogens is 1. The summed E-state index contributed by atoms with van der Waals surface area (Å²) in [6.07, 6.45) is 6.71. The van der Waals surface area contributed by atoms with Gasteiger partial charge in [0.2, 0.25) is 5.91 Å². The van der Waals surface area contributed by atoms with Crippen molar-refractivity contribution >= 4 is 11.6 Å². The summed E-state index contributed by atoms with van der Waals surface area (Å²) in [6.45, 7) is 0. The molecule has 84 valence electrons. The zero-order valence-electron chi connectivity index (χ0n) is 8.95. The number of carbonyl (C=O) groups is 1. The van der Waals surface area contributed by atoms with Gasteiger partial charge in [-0.15, -0.1) is 0 Å². The molecule has 16 heavy (non-hydrogen) atoms. The minimum atomic E-state index is -0.332. The van der Waals surface area contributed by atoms with Gasteiger partial charge in [0.05, 0.1) is 0 Å². The largest absolute Gasteiger partial charge is 0.326 e. The predicted octanol–water partition coefficient (Wildman–Crippen LogP) is 3.12. The molecule has 0 fully saturated rings. The molecule has 1 N–H and O–H groups in total. The number of benzene rings is 1. The highest BCUT2D eigenvalue weighted by molar-refractivity contribution is 5.92. The molecular weight excluding hydrogens is 205 g/mol. The Bertz CT molecular complexity index is 414. The first-order valence-electron chi connectivity index (χ1n) is 5.47. The van der Waals surface area contributed by atoms with E-state index < -0.39 is 0 Å². The molecule has 0 heterocycles. The van der Waals surface area contributed by atoms with Crippen molar-refractivity contribution in [2.45, 2.75) is 19.3 Å². The Morgan fingerprint density at radius 3 is 2.94 bits per heavy atom. The Hall–Kier alpha value is -1.64. The fourth-order valence-corrected chi connectivity index (χ4v) is 1.84. The van der Waals surface area contributed by atoms with Gasteiger partial charge in [0.25, 0.3) is 0 Å². The maximum atomic E-state index is 12.9. The maximum absolute atomic E-state index is 12.9. The van der Waals surface area contributed by atoms with Crippen molar-refractivity contribution in [2.75, 3.05) is 5.32 Å². The van der Waals surface area contributed by atoms with Gasteiger partial charge in [-0.2, -0.15) is 0 Å². The van der Waals surface area contributed by atoms with Crippen LogP contribution in [0.5, 0.6) is 0 Å². The van der Waals surface area contributed by atoms with Crippen LogP contribution in [0, 0.1) is 11.7 Å². The number of hydrogen-bond donors (Lipinski definition) is 1. The van der Waals surface area contributed by atoms with E-state index in [4.69, 9.17) is 0 Å². The van der Waals surface area contributed by atoms with Crippen molar-refractivity contribution < 1.29 is 9.18 Å². The molecule has 1 aromatic rings. The van der Waals surface area contributed by atoms with Crippen LogP contribution in [0.25, 0.3) is 0 Å². The third kappa shape index (κ3) is 2.69. The van der Waals surface area contributed by atoms with Gasteiger partial charge in [0.1, 0.15) is 5.82 Å². The summed E-state index contributed by atoms with van der Waals surface area (Å²) in [5.41, 5.74) is 0.527. The van der Waals surface area contributed by atoms with E-state index in [9.17, 15) is 9.18 Å². The van der Waals surface area contributed by atoms with E-state index in [0.29, 0.717) is 5.69 Å². The molecule has 2 nitrogen and oxygen atoms in total. The minimum absolute atomic E-state index is 0.0186. The fraction of sp³-hybridized carbons (Fsp3) is 0.308. The summed E-state index contributed by atoms with van der Waals surface area (Å²) < 4.78 is 12.9. The van der Waals surface area contributed by atoms with Crippen molar-refractivity contribution in [2.24, 2.45) is 5.92 Å². The quantitative estimate of drug-likeness (QED) is 0.761. The summed E-state index contributed by atoms with van der Waals surface area (Å²) in [4.78, 5) is 11.8. The fourth-order valence-electron chi connectivity index (χ4n) is 1.84. The van der Waals surface area contributed by atoms with Crippen molar-refractivity contribution in [3.05, 3.63) is 42.2 Å². The summed E-state index contributed by atoms with van der Waals surface area (Å²) in [6, 6.07) is 5.97. The van der Waals surface area contributed by atoms with E-state index in [1.165, 1.54) is 12.1 Å². The summed E-state index contributed by atoms with van der Waals surface area (Å²) >= 11 is 0. The van der Waals surface area contributed by atoms with Crippen molar-refractivity contribution in [3.8, 4) is 0 Å². The predicted molar refractivity (Wildman–Crippen MR) is 61.5 cm³/mol. The highest BCUT2D eigenvalue weighted by Gasteiger charge is 2.18. The zero-order valence-corrected chi connectivity index (χ0v) is 8.95. The zero-order chi connectivity index (χ0) is 11.4. The average molecular weight is 219 g/mol. The van der Waals surface area contributed by atoms with Gasteiger partial charge in [-0.3, -0.25) is 4.79 Å². The number of allylic oxidation sites excluding steroid dienone is 2. The van der Waals surface area contributed by atoms with Gasteiger partial charge in [-0.1, -0.05) is 18.2 Å². The van der Waals surface area contributed by atoms with E-state index in [0.717, 1.165) is 19.3 Å². The molecule has 0 aliphatic heterocycles. The number of rotatable bonds is 2. The van der Waals surface area contributed by atoms with Crippen LogP contribution in [0.1, 0.15) is 19.3 Å². The topological polar surface area (TPSA) is 29.1 Å². The van der Waals surface area contributed by atoms with E-state index in [1.807, 2.05) is 6.08 Å². The van der Waals surface area contributed by atoms with Crippen molar-refractivity contribution in [3.63, 3.8) is 0 Å². The Labute approximate surface area is 94.2 Å². The van der Waals surface area contributed by atoms with Crippen LogP contribution in [0.3, 0.4) is 0 Å². The molecule has 3 heteroatoms. The first kappa shape index (κ1) is 10.9. The van der Waals surface area contributed by atoms with Crippen LogP contribution in [0.4, 0.5) is 10.1 Å². The second-order valence-electron chi connectivity index (χ2n) is 3.98. The molecule has 2 rings (SSSR count). The molecule has 1 aliphatic carbocycles. The lowest BCUT2D eigenvalue weighted by molar-refractivity contribution is -0.120. The SMILES string of the molecule is O=C(Nc1cccc(F)c1)[C@H]1CC=CCC1. The summed E-state index contributed by atoms with van der Waals surface area (Å²) in [5, 5.41) is 2.74. The highest BCUT2D eigenvalue weighted by Crippen LogP contribution is 2.20. The molecule has 1 aliphatic rings. The van der Waals surface area contributed by atoms with Crippen LogP contribution in [-0.4, -0.2) is 5.91 Å². The van der Waals surface area contributed by atoms with Crippen LogP contribution in [0.2, 0.25) is 0 Å². The van der Waals surface area contributed by atoms with Crippen molar-refractivity contribution in [1.82, 2.24) is 0 Å². The molecule has 0 saturated carbocycles. The highest BCUT2D eigenvalue weighted by atomic mass is 19.1. The van der Waals surface area contributed by atoms with Gasteiger partial charge >= 0.3 is 0 Å². The van der Waals surface area contributed by atoms with E-state index in [-0.39, 0.29) is 17.6 Å². The Morgan fingerprint density at radius 1 is 1.38 bits per heavy atom. The number of nitrogens with one attached hydrogen (secondary N) is 1. The number of anilines is 1. The van der Waals surface area contributed by atoms with Gasteiger partial charge in [-0.25, -0.2) is 4.39 Å². The third-order valence-corrected chi connectivity index (χ3v) is 2.73. The van der Waals surface area contributed by atoms with Crippen LogP contribution < -0.4 is 5.32 Å². The van der Waals surface area contributed by atoms with Crippen LogP contribution in [-0.2, 0) is 4.79 Å². The Kier molecular flexibility index (Phi) is 3.34. The maximum Gasteiger partial charge on any atom is 0.227 e. The van der Waals surface area contributed by atoms with Gasteiger partial charge in [0, 0.05) is 11.6 Å². The van der Waals surface area contributed by atoms with Crippen molar-refractivity contribution in [1.29, 1.82) is 0 Å². The monoisotopic (exact) mass is 219 g/mol. The van der Waals surface area contributed by atoms with Crippen LogP contribution >= 0.6 is 0 Å². The molecule has 0 saturated heterocycles. The van der Waals surface area contributed by atoms with Crippen LogP contribution in [0.15, 0.2) is 36.4 Å². The van der Waals surface area contributed by atoms with Gasteiger partial charge < -0.3 is 5.32 Å².